The Morgan fingerprint density at radius 3 is 2.66 bits per heavy atom. The first-order valence-corrected chi connectivity index (χ1v) is 10.8. The molecule has 1 amide bonds. The van der Waals surface area contributed by atoms with E-state index in [1.807, 2.05) is 0 Å². The van der Waals surface area contributed by atoms with E-state index in [4.69, 9.17) is 21.6 Å². The molecule has 1 N–H and O–H groups in total. The van der Waals surface area contributed by atoms with Gasteiger partial charge in [0, 0.05) is 11.2 Å². The van der Waals surface area contributed by atoms with Crippen LogP contribution in [0.15, 0.2) is 23.1 Å². The van der Waals surface area contributed by atoms with Crippen molar-refractivity contribution < 1.29 is 26.9 Å². The molecule has 2 aliphatic rings. The van der Waals surface area contributed by atoms with Crippen LogP contribution in [0.5, 0.6) is 5.75 Å². The Morgan fingerprint density at radius 1 is 1.41 bits per heavy atom. The van der Waals surface area contributed by atoms with E-state index in [0.717, 1.165) is 6.92 Å². The van der Waals surface area contributed by atoms with Gasteiger partial charge in [0.1, 0.15) is 11.3 Å². The second kappa shape index (κ2) is 8.15. The van der Waals surface area contributed by atoms with Gasteiger partial charge in [-0.2, -0.15) is 18.4 Å². The van der Waals surface area contributed by atoms with Gasteiger partial charge in [0.25, 0.3) is 0 Å². The Bertz CT molecular complexity index is 867. The summed E-state index contributed by atoms with van der Waals surface area (Å²) >= 11 is 6.14. The summed E-state index contributed by atoms with van der Waals surface area (Å²) in [7, 11) is -1.51. The molecular formula is C19H20ClF3N2O3S. The van der Waals surface area contributed by atoms with Crippen LogP contribution in [0.25, 0.3) is 0 Å². The van der Waals surface area contributed by atoms with Gasteiger partial charge in [0.15, 0.2) is 6.10 Å². The Kier molecular flexibility index (Phi) is 6.16. The van der Waals surface area contributed by atoms with Gasteiger partial charge in [0.2, 0.25) is 5.91 Å². The van der Waals surface area contributed by atoms with Crippen LogP contribution in [-0.4, -0.2) is 33.2 Å². The van der Waals surface area contributed by atoms with Crippen LogP contribution >= 0.6 is 11.6 Å². The van der Waals surface area contributed by atoms with E-state index >= 15 is 0 Å². The highest BCUT2D eigenvalue weighted by atomic mass is 35.5. The van der Waals surface area contributed by atoms with Crippen molar-refractivity contribution in [2.75, 3.05) is 0 Å². The lowest BCUT2D eigenvalue weighted by atomic mass is 10.1. The highest BCUT2D eigenvalue weighted by Crippen LogP contribution is 2.38. The molecule has 4 atom stereocenters. The highest BCUT2D eigenvalue weighted by Gasteiger charge is 2.46. The summed E-state index contributed by atoms with van der Waals surface area (Å²) in [5.41, 5.74) is -0.735. The minimum atomic E-state index is -4.50. The third-order valence-electron chi connectivity index (χ3n) is 5.28. The minimum absolute atomic E-state index is 0.0597. The first-order chi connectivity index (χ1) is 13.5. The Labute approximate surface area is 174 Å². The first-order valence-electron chi connectivity index (χ1n) is 9.21. The highest BCUT2D eigenvalue weighted by molar-refractivity contribution is 7.85. The van der Waals surface area contributed by atoms with Crippen molar-refractivity contribution in [3.8, 4) is 11.8 Å². The van der Waals surface area contributed by atoms with Crippen LogP contribution in [0.1, 0.15) is 39.0 Å². The van der Waals surface area contributed by atoms with E-state index in [1.165, 1.54) is 18.2 Å². The van der Waals surface area contributed by atoms with Crippen molar-refractivity contribution in [3.63, 3.8) is 0 Å². The molecule has 10 heteroatoms. The monoisotopic (exact) mass is 448 g/mol. The van der Waals surface area contributed by atoms with E-state index in [9.17, 15) is 22.2 Å². The number of carbonyl (C=O) groups is 1. The van der Waals surface area contributed by atoms with Crippen LogP contribution < -0.4 is 10.1 Å². The molecule has 1 aromatic carbocycles. The number of ether oxygens (including phenoxy) is 1. The Morgan fingerprint density at radius 2 is 2.10 bits per heavy atom. The summed E-state index contributed by atoms with van der Waals surface area (Å²) in [6.07, 6.45) is -3.68. The Hall–Kier alpha value is -1.79. The lowest BCUT2D eigenvalue weighted by Gasteiger charge is -2.18. The van der Waals surface area contributed by atoms with Gasteiger partial charge < -0.3 is 10.1 Å². The van der Waals surface area contributed by atoms with E-state index in [-0.39, 0.29) is 27.8 Å². The average molecular weight is 449 g/mol. The van der Waals surface area contributed by atoms with E-state index < -0.39 is 28.6 Å². The zero-order valence-corrected chi connectivity index (χ0v) is 17.2. The second-order valence-corrected chi connectivity index (χ2v) is 9.61. The number of hydrogen-bond acceptors (Lipinski definition) is 4. The zero-order chi connectivity index (χ0) is 21.4. The van der Waals surface area contributed by atoms with Gasteiger partial charge in [0.05, 0.1) is 26.8 Å². The predicted octanol–water partition coefficient (Wildman–Crippen LogP) is 4.12. The molecule has 4 unspecified atom stereocenters. The molecule has 0 spiro atoms. The van der Waals surface area contributed by atoms with E-state index in [2.05, 4.69) is 11.4 Å². The number of halogens is 4. The average Bonchev–Trinajstić information content (AvgIpc) is 3.24. The summed E-state index contributed by atoms with van der Waals surface area (Å²) in [4.78, 5) is 12.7. The fraction of sp³-hybridized carbons (Fsp3) is 0.579. The number of nitriles is 1. The number of amides is 1. The number of carbonyl (C=O) groups excluding carboxylic acids is 1. The molecule has 2 aliphatic carbocycles. The fourth-order valence-corrected chi connectivity index (χ4v) is 5.24. The fourth-order valence-electron chi connectivity index (χ4n) is 3.27. The SMILES string of the molecule is CC(Oc1ccc(S(=O)C2CCC(C(=O)NC3(C#N)CC3)C2)c(Cl)c1)C(F)(F)F. The van der Waals surface area contributed by atoms with Crippen LogP contribution in [0.4, 0.5) is 13.2 Å². The largest absolute Gasteiger partial charge is 0.481 e. The number of benzene rings is 1. The number of nitrogens with zero attached hydrogens (tertiary/aromatic N) is 1. The lowest BCUT2D eigenvalue weighted by Crippen LogP contribution is -2.39. The molecule has 0 saturated heterocycles. The number of rotatable bonds is 6. The molecule has 5 nitrogen and oxygen atoms in total. The predicted molar refractivity (Wildman–Crippen MR) is 101 cm³/mol. The topological polar surface area (TPSA) is 79.2 Å². The standard InChI is InChI=1S/C19H20ClF3N2O3S/c1-11(19(21,22)23)28-13-3-5-16(15(20)9-13)29(27)14-4-2-12(8-14)17(26)25-18(10-24)6-7-18/h3,5,9,11-12,14H,2,4,6-8H2,1H3,(H,25,26). The summed E-state index contributed by atoms with van der Waals surface area (Å²) < 4.78 is 55.6. The van der Waals surface area contributed by atoms with Gasteiger partial charge in [-0.3, -0.25) is 9.00 Å². The molecular weight excluding hydrogens is 429 g/mol. The molecule has 2 fully saturated rings. The zero-order valence-electron chi connectivity index (χ0n) is 15.6. The van der Waals surface area contributed by atoms with E-state index in [0.29, 0.717) is 37.0 Å². The maximum absolute atomic E-state index is 12.9. The maximum atomic E-state index is 12.9. The van der Waals surface area contributed by atoms with Gasteiger partial charge in [-0.05, 0) is 57.2 Å². The maximum Gasteiger partial charge on any atom is 0.425 e. The van der Waals surface area contributed by atoms with Crippen molar-refractivity contribution in [1.29, 1.82) is 5.26 Å². The summed E-state index contributed by atoms with van der Waals surface area (Å²) in [5.74, 6) is -0.571. The minimum Gasteiger partial charge on any atom is -0.481 e. The van der Waals surface area contributed by atoms with Crippen LogP contribution in [0.2, 0.25) is 5.02 Å². The van der Waals surface area contributed by atoms with E-state index in [1.54, 1.807) is 0 Å². The third-order valence-corrected chi connectivity index (χ3v) is 7.53. The molecule has 0 aromatic heterocycles. The lowest BCUT2D eigenvalue weighted by molar-refractivity contribution is -0.189. The Balaban J connectivity index is 1.62. The first kappa shape index (κ1) is 21.9. The van der Waals surface area contributed by atoms with Gasteiger partial charge in [-0.25, -0.2) is 0 Å². The molecule has 0 heterocycles. The van der Waals surface area contributed by atoms with Gasteiger partial charge >= 0.3 is 6.18 Å². The second-order valence-electron chi connectivity index (χ2n) is 7.51. The van der Waals surface area contributed by atoms with Gasteiger partial charge in [-0.15, -0.1) is 0 Å². The summed E-state index contributed by atoms with van der Waals surface area (Å²) in [6.45, 7) is 0.891. The third kappa shape index (κ3) is 5.04. The van der Waals surface area contributed by atoms with Crippen LogP contribution in [0, 0.1) is 17.2 Å². The summed E-state index contributed by atoms with van der Waals surface area (Å²) in [6, 6.07) is 6.04. The summed E-state index contributed by atoms with van der Waals surface area (Å²) in [5, 5.41) is 11.6. The van der Waals surface area contributed by atoms with Crippen LogP contribution in [0.3, 0.4) is 0 Å². The molecule has 158 valence electrons. The molecule has 1 aromatic rings. The number of alkyl halides is 3. The molecule has 3 rings (SSSR count). The van der Waals surface area contributed by atoms with Crippen molar-refractivity contribution in [2.45, 2.75) is 67.0 Å². The van der Waals surface area contributed by atoms with Crippen molar-refractivity contribution >= 4 is 28.3 Å². The van der Waals surface area contributed by atoms with Gasteiger partial charge in [-0.1, -0.05) is 11.6 Å². The molecule has 0 bridgehead atoms. The smallest absolute Gasteiger partial charge is 0.425 e. The van der Waals surface area contributed by atoms with Crippen molar-refractivity contribution in [2.24, 2.45) is 5.92 Å². The molecule has 2 saturated carbocycles. The molecule has 0 aliphatic heterocycles. The van der Waals surface area contributed by atoms with Crippen molar-refractivity contribution in [1.82, 2.24) is 5.32 Å². The quantitative estimate of drug-likeness (QED) is 0.710. The number of hydrogen-bond donors (Lipinski definition) is 1. The van der Waals surface area contributed by atoms with Crippen LogP contribution in [-0.2, 0) is 15.6 Å². The normalized spacial score (nSPS) is 25.0. The van der Waals surface area contributed by atoms with Crippen molar-refractivity contribution in [3.05, 3.63) is 23.2 Å². The molecule has 29 heavy (non-hydrogen) atoms. The molecule has 0 radical (unpaired) electrons. The number of nitrogens with one attached hydrogen (secondary N) is 1.